The van der Waals surface area contributed by atoms with Gasteiger partial charge >= 0.3 is 0 Å². The van der Waals surface area contributed by atoms with Crippen LogP contribution in [-0.2, 0) is 0 Å². The standard InChI is InChI=1S/C12H15BrN2/c1-9(12(2)5-6-14-8-12)10-3-4-11(13)15-7-10/h3-7,9,14H,8H2,1-2H3/t9?,12-/m0/s1. The first-order valence-corrected chi connectivity index (χ1v) is 5.94. The molecule has 0 saturated carbocycles. The molecule has 1 aliphatic heterocycles. The van der Waals surface area contributed by atoms with Crippen LogP contribution in [0.15, 0.2) is 35.2 Å². The smallest absolute Gasteiger partial charge is 0.106 e. The summed E-state index contributed by atoms with van der Waals surface area (Å²) in [5.74, 6) is 0.476. The lowest BCUT2D eigenvalue weighted by Crippen LogP contribution is -2.27. The van der Waals surface area contributed by atoms with Crippen LogP contribution in [0.5, 0.6) is 0 Å². The van der Waals surface area contributed by atoms with Crippen LogP contribution in [0.25, 0.3) is 0 Å². The molecule has 0 aliphatic carbocycles. The number of halogens is 1. The maximum atomic E-state index is 4.27. The molecule has 1 aromatic heterocycles. The molecule has 0 spiro atoms. The SMILES string of the molecule is CC(c1ccc(Br)nc1)[C@@]1(C)C=CNC1. The Morgan fingerprint density at radius 1 is 1.53 bits per heavy atom. The van der Waals surface area contributed by atoms with Gasteiger partial charge in [-0.15, -0.1) is 0 Å². The molecule has 1 aliphatic rings. The first kappa shape index (κ1) is 10.7. The van der Waals surface area contributed by atoms with Gasteiger partial charge in [0.15, 0.2) is 0 Å². The molecule has 2 atom stereocenters. The fraction of sp³-hybridized carbons (Fsp3) is 0.417. The van der Waals surface area contributed by atoms with Gasteiger partial charge in [-0.3, -0.25) is 0 Å². The van der Waals surface area contributed by atoms with Crippen LogP contribution in [0.3, 0.4) is 0 Å². The summed E-state index contributed by atoms with van der Waals surface area (Å²) in [6.45, 7) is 5.53. The zero-order chi connectivity index (χ0) is 10.9. The van der Waals surface area contributed by atoms with Gasteiger partial charge in [0.05, 0.1) is 0 Å². The molecule has 0 bridgehead atoms. The van der Waals surface area contributed by atoms with E-state index in [4.69, 9.17) is 0 Å². The topological polar surface area (TPSA) is 24.9 Å². The molecular formula is C12H15BrN2. The van der Waals surface area contributed by atoms with E-state index in [9.17, 15) is 0 Å². The molecule has 3 heteroatoms. The zero-order valence-electron chi connectivity index (χ0n) is 9.00. The Labute approximate surface area is 98.9 Å². The number of hydrogen-bond acceptors (Lipinski definition) is 2. The summed E-state index contributed by atoms with van der Waals surface area (Å²) >= 11 is 3.35. The van der Waals surface area contributed by atoms with Crippen molar-refractivity contribution in [2.45, 2.75) is 19.8 Å². The van der Waals surface area contributed by atoms with Crippen LogP contribution < -0.4 is 5.32 Å². The maximum Gasteiger partial charge on any atom is 0.106 e. The van der Waals surface area contributed by atoms with Crippen molar-refractivity contribution in [3.8, 4) is 0 Å². The van der Waals surface area contributed by atoms with Gasteiger partial charge in [0.25, 0.3) is 0 Å². The highest BCUT2D eigenvalue weighted by atomic mass is 79.9. The molecular weight excluding hydrogens is 252 g/mol. The van der Waals surface area contributed by atoms with E-state index in [0.29, 0.717) is 5.92 Å². The largest absolute Gasteiger partial charge is 0.390 e. The molecule has 0 saturated heterocycles. The minimum absolute atomic E-state index is 0.204. The molecule has 2 rings (SSSR count). The van der Waals surface area contributed by atoms with Crippen molar-refractivity contribution >= 4 is 15.9 Å². The van der Waals surface area contributed by atoms with E-state index in [-0.39, 0.29) is 5.41 Å². The van der Waals surface area contributed by atoms with E-state index >= 15 is 0 Å². The summed E-state index contributed by atoms with van der Waals surface area (Å²) in [4.78, 5) is 4.27. The zero-order valence-corrected chi connectivity index (χ0v) is 10.6. The fourth-order valence-corrected chi connectivity index (χ4v) is 2.14. The maximum absolute atomic E-state index is 4.27. The molecule has 0 aromatic carbocycles. The lowest BCUT2D eigenvalue weighted by atomic mass is 9.76. The second-order valence-corrected chi connectivity index (χ2v) is 5.17. The molecule has 2 nitrogen and oxygen atoms in total. The monoisotopic (exact) mass is 266 g/mol. The summed E-state index contributed by atoms with van der Waals surface area (Å²) in [5, 5.41) is 3.26. The van der Waals surface area contributed by atoms with Gasteiger partial charge < -0.3 is 5.32 Å². The van der Waals surface area contributed by atoms with E-state index < -0.39 is 0 Å². The Hall–Kier alpha value is -0.830. The molecule has 0 amide bonds. The Kier molecular flexibility index (Phi) is 2.83. The van der Waals surface area contributed by atoms with Gasteiger partial charge in [0, 0.05) is 18.2 Å². The summed E-state index contributed by atoms with van der Waals surface area (Å²) < 4.78 is 0.892. The third-order valence-electron chi connectivity index (χ3n) is 3.30. The number of nitrogens with one attached hydrogen (secondary N) is 1. The quantitative estimate of drug-likeness (QED) is 0.833. The lowest BCUT2D eigenvalue weighted by molar-refractivity contribution is 0.368. The van der Waals surface area contributed by atoms with Crippen LogP contribution >= 0.6 is 15.9 Å². The van der Waals surface area contributed by atoms with Crippen molar-refractivity contribution in [1.29, 1.82) is 0 Å². The van der Waals surface area contributed by atoms with E-state index in [1.54, 1.807) is 0 Å². The van der Waals surface area contributed by atoms with Crippen molar-refractivity contribution in [2.75, 3.05) is 6.54 Å². The highest BCUT2D eigenvalue weighted by Gasteiger charge is 2.31. The van der Waals surface area contributed by atoms with Crippen molar-refractivity contribution in [1.82, 2.24) is 10.3 Å². The number of nitrogens with zero attached hydrogens (tertiary/aromatic N) is 1. The summed E-state index contributed by atoms with van der Waals surface area (Å²) in [7, 11) is 0. The van der Waals surface area contributed by atoms with Crippen molar-refractivity contribution in [3.63, 3.8) is 0 Å². The highest BCUT2D eigenvalue weighted by Crippen LogP contribution is 2.38. The minimum Gasteiger partial charge on any atom is -0.390 e. The average molecular weight is 267 g/mol. The predicted octanol–water partition coefficient (Wildman–Crippen LogP) is 3.07. The van der Waals surface area contributed by atoms with Crippen LogP contribution in [0.1, 0.15) is 25.3 Å². The molecule has 1 unspecified atom stereocenters. The summed E-state index contributed by atoms with van der Waals surface area (Å²) in [6.07, 6.45) is 6.24. The number of hydrogen-bond donors (Lipinski definition) is 1. The Morgan fingerprint density at radius 2 is 2.33 bits per heavy atom. The molecule has 1 aromatic rings. The van der Waals surface area contributed by atoms with E-state index in [2.05, 4.69) is 52.2 Å². The molecule has 2 heterocycles. The normalized spacial score (nSPS) is 26.3. The van der Waals surface area contributed by atoms with Crippen LogP contribution in [0.4, 0.5) is 0 Å². The fourth-order valence-electron chi connectivity index (χ4n) is 1.91. The molecule has 0 radical (unpaired) electrons. The van der Waals surface area contributed by atoms with E-state index in [1.165, 1.54) is 5.56 Å². The number of aromatic nitrogens is 1. The molecule has 80 valence electrons. The van der Waals surface area contributed by atoms with Gasteiger partial charge in [-0.05, 0) is 39.7 Å². The lowest BCUT2D eigenvalue weighted by Gasteiger charge is -2.29. The van der Waals surface area contributed by atoms with Crippen LogP contribution in [-0.4, -0.2) is 11.5 Å². The second kappa shape index (κ2) is 3.97. The van der Waals surface area contributed by atoms with Crippen LogP contribution in [0, 0.1) is 5.41 Å². The number of pyridine rings is 1. The average Bonchev–Trinajstić information content (AvgIpc) is 2.67. The number of rotatable bonds is 2. The van der Waals surface area contributed by atoms with Crippen molar-refractivity contribution in [2.24, 2.45) is 5.41 Å². The first-order chi connectivity index (χ1) is 7.12. The third kappa shape index (κ3) is 2.07. The molecule has 15 heavy (non-hydrogen) atoms. The van der Waals surface area contributed by atoms with Gasteiger partial charge in [-0.1, -0.05) is 26.0 Å². The first-order valence-electron chi connectivity index (χ1n) is 5.14. The van der Waals surface area contributed by atoms with Crippen molar-refractivity contribution in [3.05, 3.63) is 40.8 Å². The predicted molar refractivity (Wildman–Crippen MR) is 65.6 cm³/mol. The van der Waals surface area contributed by atoms with Gasteiger partial charge in [0.2, 0.25) is 0 Å². The van der Waals surface area contributed by atoms with Gasteiger partial charge in [-0.25, -0.2) is 4.98 Å². The van der Waals surface area contributed by atoms with Crippen LogP contribution in [0.2, 0.25) is 0 Å². The molecule has 0 fully saturated rings. The van der Waals surface area contributed by atoms with E-state index in [0.717, 1.165) is 11.1 Å². The third-order valence-corrected chi connectivity index (χ3v) is 3.77. The van der Waals surface area contributed by atoms with E-state index in [1.807, 2.05) is 18.5 Å². The van der Waals surface area contributed by atoms with Gasteiger partial charge in [0.1, 0.15) is 4.60 Å². The highest BCUT2D eigenvalue weighted by molar-refractivity contribution is 9.10. The van der Waals surface area contributed by atoms with Crippen molar-refractivity contribution < 1.29 is 0 Å². The Bertz CT molecular complexity index is 372. The minimum atomic E-state index is 0.204. The molecule has 1 N–H and O–H groups in total. The van der Waals surface area contributed by atoms with Gasteiger partial charge in [-0.2, -0.15) is 0 Å². The summed E-state index contributed by atoms with van der Waals surface area (Å²) in [6, 6.07) is 4.14. The Morgan fingerprint density at radius 3 is 2.87 bits per heavy atom. The second-order valence-electron chi connectivity index (χ2n) is 4.36. The summed E-state index contributed by atoms with van der Waals surface area (Å²) in [5.41, 5.74) is 1.49. The Balaban J connectivity index is 2.24.